The van der Waals surface area contributed by atoms with E-state index >= 15 is 0 Å². The van der Waals surface area contributed by atoms with Gasteiger partial charge >= 0.3 is 0 Å². The number of nitrogens with one attached hydrogen (secondary N) is 2. The van der Waals surface area contributed by atoms with Crippen molar-refractivity contribution in [2.45, 2.75) is 43.9 Å². The molecule has 150 valence electrons. The Kier molecular flexibility index (Phi) is 6.92. The maximum atomic E-state index is 12.8. The molecule has 2 aliphatic rings. The van der Waals surface area contributed by atoms with Crippen LogP contribution in [0, 0.1) is 0 Å². The van der Waals surface area contributed by atoms with Gasteiger partial charge in [-0.05, 0) is 50.5 Å². The van der Waals surface area contributed by atoms with E-state index in [1.165, 1.54) is 10.7 Å². The molecule has 0 bridgehead atoms. The molecule has 1 aliphatic carbocycles. The molecule has 1 aliphatic heterocycles. The molecule has 6 nitrogen and oxygen atoms in total. The Morgan fingerprint density at radius 1 is 1.33 bits per heavy atom. The highest BCUT2D eigenvalue weighted by Gasteiger charge is 2.29. The summed E-state index contributed by atoms with van der Waals surface area (Å²) in [5, 5.41) is 7.42. The number of hydrogen-bond donors (Lipinski definition) is 2. The van der Waals surface area contributed by atoms with Crippen molar-refractivity contribution in [2.24, 2.45) is 4.99 Å². The fraction of sp³-hybridized carbons (Fsp3) is 0.632. The number of para-hydroxylation sites is 1. The number of benzene rings is 1. The van der Waals surface area contributed by atoms with E-state index in [-0.39, 0.29) is 12.3 Å². The minimum atomic E-state index is -3.36. The van der Waals surface area contributed by atoms with Gasteiger partial charge in [0, 0.05) is 24.4 Å². The summed E-state index contributed by atoms with van der Waals surface area (Å²) in [5.41, 5.74) is 1.92. The number of aliphatic imine (C=N–C) groups is 1. The van der Waals surface area contributed by atoms with Gasteiger partial charge in [0.15, 0.2) is 5.96 Å². The van der Waals surface area contributed by atoms with E-state index in [2.05, 4.69) is 21.9 Å². The molecule has 0 aromatic heterocycles. The summed E-state index contributed by atoms with van der Waals surface area (Å²) in [6.45, 7) is 3.57. The van der Waals surface area contributed by atoms with Crippen molar-refractivity contribution in [3.63, 3.8) is 0 Å². The SMILES string of the molecule is CCNC(=NCCS(=O)(=O)N1CCc2ccccc21)NC1CCC(SC)C1. The molecule has 1 heterocycles. The zero-order valence-electron chi connectivity index (χ0n) is 16.1. The highest BCUT2D eigenvalue weighted by molar-refractivity contribution is 7.99. The zero-order valence-corrected chi connectivity index (χ0v) is 17.8. The number of rotatable bonds is 7. The average molecular weight is 411 g/mol. The third-order valence-corrected chi connectivity index (χ3v) is 8.05. The second kappa shape index (κ2) is 9.19. The number of thioether (sulfide) groups is 1. The lowest BCUT2D eigenvalue weighted by Crippen LogP contribution is -2.43. The summed E-state index contributed by atoms with van der Waals surface area (Å²) in [6, 6.07) is 8.15. The predicted molar refractivity (Wildman–Crippen MR) is 115 cm³/mol. The van der Waals surface area contributed by atoms with E-state index in [1.54, 1.807) is 0 Å². The van der Waals surface area contributed by atoms with E-state index in [4.69, 9.17) is 0 Å². The van der Waals surface area contributed by atoms with Crippen LogP contribution in [0.3, 0.4) is 0 Å². The molecule has 8 heteroatoms. The number of nitrogens with zero attached hydrogens (tertiary/aromatic N) is 2. The topological polar surface area (TPSA) is 73.8 Å². The molecule has 0 saturated heterocycles. The summed E-state index contributed by atoms with van der Waals surface area (Å²) in [4.78, 5) is 4.52. The molecule has 27 heavy (non-hydrogen) atoms. The van der Waals surface area contributed by atoms with Gasteiger partial charge < -0.3 is 10.6 Å². The van der Waals surface area contributed by atoms with Crippen molar-refractivity contribution in [3.05, 3.63) is 29.8 Å². The minimum Gasteiger partial charge on any atom is -0.357 e. The first-order chi connectivity index (χ1) is 13.0. The molecule has 1 aromatic rings. The molecule has 2 atom stereocenters. The van der Waals surface area contributed by atoms with Gasteiger partial charge in [-0.2, -0.15) is 11.8 Å². The molecular formula is C19H30N4O2S2. The van der Waals surface area contributed by atoms with Crippen LogP contribution < -0.4 is 14.9 Å². The quantitative estimate of drug-likeness (QED) is 0.533. The Bertz CT molecular complexity index is 767. The van der Waals surface area contributed by atoms with E-state index in [9.17, 15) is 8.42 Å². The predicted octanol–water partition coefficient (Wildman–Crippen LogP) is 2.22. The highest BCUT2D eigenvalue weighted by atomic mass is 32.2. The number of hydrogen-bond acceptors (Lipinski definition) is 4. The van der Waals surface area contributed by atoms with Crippen LogP contribution >= 0.6 is 11.8 Å². The summed E-state index contributed by atoms with van der Waals surface area (Å²) < 4.78 is 27.1. The van der Waals surface area contributed by atoms with Crippen LogP contribution in [0.1, 0.15) is 31.7 Å². The van der Waals surface area contributed by atoms with Gasteiger partial charge in [-0.25, -0.2) is 8.42 Å². The third kappa shape index (κ3) is 5.10. The van der Waals surface area contributed by atoms with Crippen molar-refractivity contribution in [1.29, 1.82) is 0 Å². The van der Waals surface area contributed by atoms with Gasteiger partial charge in [-0.15, -0.1) is 0 Å². The molecule has 1 saturated carbocycles. The van der Waals surface area contributed by atoms with Crippen molar-refractivity contribution >= 4 is 33.4 Å². The maximum Gasteiger partial charge on any atom is 0.237 e. The molecular weight excluding hydrogens is 380 g/mol. The summed E-state index contributed by atoms with van der Waals surface area (Å²) >= 11 is 1.92. The van der Waals surface area contributed by atoms with Gasteiger partial charge in [0.25, 0.3) is 0 Å². The standard InChI is InChI=1S/C19H30N4O2S2/c1-3-20-19(22-16-8-9-17(14-16)26-2)21-11-13-27(24,25)23-12-10-15-6-4-5-7-18(15)23/h4-7,16-17H,3,8-14H2,1-2H3,(H2,20,21,22). The first-order valence-corrected chi connectivity index (χ1v) is 12.6. The van der Waals surface area contributed by atoms with E-state index in [0.29, 0.717) is 17.8 Å². The average Bonchev–Trinajstić information content (AvgIpc) is 3.28. The number of sulfonamides is 1. The second-order valence-corrected chi connectivity index (χ2v) is 10.2. The minimum absolute atomic E-state index is 0.0238. The van der Waals surface area contributed by atoms with Crippen LogP contribution in [0.2, 0.25) is 0 Å². The van der Waals surface area contributed by atoms with Crippen LogP contribution in [-0.4, -0.2) is 57.3 Å². The van der Waals surface area contributed by atoms with Crippen LogP contribution in [0.5, 0.6) is 0 Å². The Hall–Kier alpha value is -1.41. The lowest BCUT2D eigenvalue weighted by molar-refractivity contribution is 0.591. The van der Waals surface area contributed by atoms with Crippen molar-refractivity contribution in [2.75, 3.05) is 35.9 Å². The fourth-order valence-electron chi connectivity index (χ4n) is 3.78. The Morgan fingerprint density at radius 3 is 2.89 bits per heavy atom. The first kappa shape index (κ1) is 20.3. The van der Waals surface area contributed by atoms with Crippen LogP contribution in [-0.2, 0) is 16.4 Å². The fourth-order valence-corrected chi connectivity index (χ4v) is 5.96. The molecule has 1 aromatic carbocycles. The van der Waals surface area contributed by atoms with Crippen molar-refractivity contribution in [3.8, 4) is 0 Å². The van der Waals surface area contributed by atoms with Gasteiger partial charge in [0.1, 0.15) is 0 Å². The Labute approximate surface area is 167 Å². The lowest BCUT2D eigenvalue weighted by Gasteiger charge is -2.20. The molecule has 0 radical (unpaired) electrons. The van der Waals surface area contributed by atoms with Crippen molar-refractivity contribution in [1.82, 2.24) is 10.6 Å². The maximum absolute atomic E-state index is 12.8. The van der Waals surface area contributed by atoms with Gasteiger partial charge in [0.2, 0.25) is 10.0 Å². The molecule has 2 N–H and O–H groups in total. The van der Waals surface area contributed by atoms with Crippen LogP contribution in [0.15, 0.2) is 29.3 Å². The molecule has 0 spiro atoms. The molecule has 3 rings (SSSR count). The Morgan fingerprint density at radius 2 is 2.15 bits per heavy atom. The smallest absolute Gasteiger partial charge is 0.237 e. The van der Waals surface area contributed by atoms with E-state index in [0.717, 1.165) is 43.0 Å². The normalized spacial score (nSPS) is 22.7. The van der Waals surface area contributed by atoms with Crippen molar-refractivity contribution < 1.29 is 8.42 Å². The summed E-state index contributed by atoms with van der Waals surface area (Å²) in [6.07, 6.45) is 6.43. The monoisotopic (exact) mass is 410 g/mol. The largest absolute Gasteiger partial charge is 0.357 e. The van der Waals surface area contributed by atoms with Gasteiger partial charge in [-0.1, -0.05) is 18.2 Å². The van der Waals surface area contributed by atoms with Gasteiger partial charge in [0.05, 0.1) is 18.0 Å². The molecule has 0 amide bonds. The second-order valence-electron chi connectivity index (χ2n) is 7.04. The zero-order chi connectivity index (χ0) is 19.3. The first-order valence-electron chi connectivity index (χ1n) is 9.69. The third-order valence-electron chi connectivity index (χ3n) is 5.20. The number of fused-ring (bicyclic) bond motifs is 1. The lowest BCUT2D eigenvalue weighted by atomic mass is 10.2. The Balaban J connectivity index is 1.58. The van der Waals surface area contributed by atoms with E-state index in [1.807, 2.05) is 43.0 Å². The molecule has 1 fully saturated rings. The summed E-state index contributed by atoms with van der Waals surface area (Å²) in [5.74, 6) is 0.747. The highest BCUT2D eigenvalue weighted by Crippen LogP contribution is 2.30. The van der Waals surface area contributed by atoms with Gasteiger partial charge in [-0.3, -0.25) is 9.30 Å². The van der Waals surface area contributed by atoms with Crippen LogP contribution in [0.4, 0.5) is 5.69 Å². The number of anilines is 1. The van der Waals surface area contributed by atoms with Crippen LogP contribution in [0.25, 0.3) is 0 Å². The number of guanidine groups is 1. The van der Waals surface area contributed by atoms with E-state index < -0.39 is 10.0 Å². The molecule has 2 unspecified atom stereocenters. The summed E-state index contributed by atoms with van der Waals surface area (Å²) in [7, 11) is -3.36.